The molecule has 0 amide bonds. The molecule has 0 aromatic rings. The molecule has 0 saturated carbocycles. The molecule has 1 saturated heterocycles. The number of likely N-dealkylation sites (tertiary alicyclic amines) is 1. The number of allylic oxidation sites excluding steroid dienone is 2. The normalized spacial score (nSPS) is 18.6. The number of rotatable bonds is 7. The molecule has 1 rings (SSSR count). The maximum atomic E-state index is 4.26. The van der Waals surface area contributed by atoms with Crippen LogP contribution >= 0.6 is 0 Å². The van der Waals surface area contributed by atoms with E-state index < -0.39 is 0 Å². The highest BCUT2D eigenvalue weighted by Crippen LogP contribution is 2.23. The summed E-state index contributed by atoms with van der Waals surface area (Å²) in [5.74, 6) is 0. The molecule has 0 N–H and O–H groups in total. The van der Waals surface area contributed by atoms with Gasteiger partial charge < -0.3 is 0 Å². The number of piperidine rings is 1. The highest BCUT2D eigenvalue weighted by Gasteiger charge is 2.21. The molecule has 17 heavy (non-hydrogen) atoms. The molecule has 1 fully saturated rings. The van der Waals surface area contributed by atoms with Crippen LogP contribution in [-0.4, -0.2) is 24.0 Å². The average Bonchev–Trinajstić information content (AvgIpc) is 2.39. The summed E-state index contributed by atoms with van der Waals surface area (Å²) >= 11 is 0. The van der Waals surface area contributed by atoms with E-state index in [0.717, 1.165) is 24.8 Å². The second-order valence-electron chi connectivity index (χ2n) is 5.03. The summed E-state index contributed by atoms with van der Waals surface area (Å²) in [7, 11) is 0. The molecule has 0 radical (unpaired) electrons. The maximum Gasteiger partial charge on any atom is 0.0307 e. The highest BCUT2D eigenvalue weighted by molar-refractivity contribution is 5.13. The molecule has 0 spiro atoms. The van der Waals surface area contributed by atoms with Gasteiger partial charge in [0.05, 0.1) is 0 Å². The van der Waals surface area contributed by atoms with Crippen LogP contribution in [0.5, 0.6) is 0 Å². The standard InChI is InChI=1S/C16H27N/c1-5-14(3)10-11-16(15(4)6-2)17-12-8-7-9-13-17/h5,16H,1,3-4,6-13H2,2H3. The summed E-state index contributed by atoms with van der Waals surface area (Å²) in [5, 5.41) is 0. The van der Waals surface area contributed by atoms with Crippen molar-refractivity contribution in [1.82, 2.24) is 4.90 Å². The zero-order valence-electron chi connectivity index (χ0n) is 11.4. The van der Waals surface area contributed by atoms with Gasteiger partial charge in [0.2, 0.25) is 0 Å². The van der Waals surface area contributed by atoms with Crippen molar-refractivity contribution in [3.63, 3.8) is 0 Å². The number of hydrogen-bond acceptors (Lipinski definition) is 1. The van der Waals surface area contributed by atoms with Crippen molar-refractivity contribution in [2.24, 2.45) is 0 Å². The molecule has 1 unspecified atom stereocenters. The second kappa shape index (κ2) is 7.50. The summed E-state index contributed by atoms with van der Waals surface area (Å²) in [4.78, 5) is 2.62. The molecule has 96 valence electrons. The summed E-state index contributed by atoms with van der Waals surface area (Å²) in [5.41, 5.74) is 2.53. The van der Waals surface area contributed by atoms with Gasteiger partial charge in [0.1, 0.15) is 0 Å². The third kappa shape index (κ3) is 4.51. The van der Waals surface area contributed by atoms with Crippen molar-refractivity contribution in [2.45, 2.75) is 51.5 Å². The minimum absolute atomic E-state index is 0.553. The summed E-state index contributed by atoms with van der Waals surface area (Å²) in [6, 6.07) is 0.553. The minimum Gasteiger partial charge on any atom is -0.297 e. The first-order chi connectivity index (χ1) is 8.19. The molecule has 1 atom stereocenters. The predicted molar refractivity (Wildman–Crippen MR) is 77.2 cm³/mol. The smallest absolute Gasteiger partial charge is 0.0307 e. The van der Waals surface area contributed by atoms with Gasteiger partial charge in [0.15, 0.2) is 0 Å². The lowest BCUT2D eigenvalue weighted by Crippen LogP contribution is -2.40. The number of nitrogens with zero attached hydrogens (tertiary/aromatic N) is 1. The molecule has 1 aliphatic rings. The van der Waals surface area contributed by atoms with Crippen LogP contribution in [-0.2, 0) is 0 Å². The van der Waals surface area contributed by atoms with E-state index >= 15 is 0 Å². The van der Waals surface area contributed by atoms with E-state index in [4.69, 9.17) is 0 Å². The Labute approximate surface area is 107 Å². The van der Waals surface area contributed by atoms with E-state index in [2.05, 4.69) is 31.6 Å². The molecule has 1 nitrogen and oxygen atoms in total. The SMILES string of the molecule is C=CC(=C)CCC(C(=C)CC)N1CCCCC1. The van der Waals surface area contributed by atoms with E-state index in [-0.39, 0.29) is 0 Å². The van der Waals surface area contributed by atoms with Gasteiger partial charge in [-0.3, -0.25) is 4.90 Å². The van der Waals surface area contributed by atoms with E-state index in [1.165, 1.54) is 37.9 Å². The first kappa shape index (κ1) is 14.2. The summed E-state index contributed by atoms with van der Waals surface area (Å²) in [6.45, 7) is 16.7. The topological polar surface area (TPSA) is 3.24 Å². The van der Waals surface area contributed by atoms with E-state index in [0.29, 0.717) is 6.04 Å². The fourth-order valence-corrected chi connectivity index (χ4v) is 2.53. The van der Waals surface area contributed by atoms with E-state index in [1.807, 2.05) is 6.08 Å². The lowest BCUT2D eigenvalue weighted by Gasteiger charge is -2.36. The van der Waals surface area contributed by atoms with Gasteiger partial charge in [-0.05, 0) is 45.2 Å². The molecule has 0 aliphatic carbocycles. The first-order valence-electron chi connectivity index (χ1n) is 6.91. The Bertz CT molecular complexity index is 271. The Morgan fingerprint density at radius 3 is 2.41 bits per heavy atom. The van der Waals surface area contributed by atoms with Crippen LogP contribution in [0.15, 0.2) is 37.0 Å². The third-order valence-corrected chi connectivity index (χ3v) is 3.78. The zero-order chi connectivity index (χ0) is 12.7. The van der Waals surface area contributed by atoms with Crippen molar-refractivity contribution < 1.29 is 0 Å². The van der Waals surface area contributed by atoms with Gasteiger partial charge >= 0.3 is 0 Å². The van der Waals surface area contributed by atoms with Gasteiger partial charge in [-0.2, -0.15) is 0 Å². The fraction of sp³-hybridized carbons (Fsp3) is 0.625. The summed E-state index contributed by atoms with van der Waals surface area (Å²) in [6.07, 6.45) is 9.23. The van der Waals surface area contributed by atoms with Gasteiger partial charge in [-0.1, -0.05) is 50.3 Å². The molecular formula is C16H27N. The monoisotopic (exact) mass is 233 g/mol. The van der Waals surface area contributed by atoms with Crippen LogP contribution in [0.2, 0.25) is 0 Å². The van der Waals surface area contributed by atoms with Crippen molar-refractivity contribution in [2.75, 3.05) is 13.1 Å². The van der Waals surface area contributed by atoms with Gasteiger partial charge in [0, 0.05) is 6.04 Å². The Morgan fingerprint density at radius 2 is 1.88 bits per heavy atom. The molecule has 1 heterocycles. The quantitative estimate of drug-likeness (QED) is 0.467. The Hall–Kier alpha value is -0.820. The predicted octanol–water partition coefficient (Wildman–Crippen LogP) is 4.33. The molecule has 0 aromatic heterocycles. The Kier molecular flexibility index (Phi) is 6.28. The van der Waals surface area contributed by atoms with Crippen molar-refractivity contribution in [3.8, 4) is 0 Å². The Morgan fingerprint density at radius 1 is 1.24 bits per heavy atom. The minimum atomic E-state index is 0.553. The second-order valence-corrected chi connectivity index (χ2v) is 5.03. The van der Waals surface area contributed by atoms with Crippen LogP contribution in [0.25, 0.3) is 0 Å². The van der Waals surface area contributed by atoms with E-state index in [9.17, 15) is 0 Å². The summed E-state index contributed by atoms with van der Waals surface area (Å²) < 4.78 is 0. The number of hydrogen-bond donors (Lipinski definition) is 0. The molecule has 0 aromatic carbocycles. The van der Waals surface area contributed by atoms with Crippen LogP contribution in [0, 0.1) is 0 Å². The first-order valence-corrected chi connectivity index (χ1v) is 6.91. The molecule has 1 heteroatoms. The van der Waals surface area contributed by atoms with Gasteiger partial charge in [0.25, 0.3) is 0 Å². The largest absolute Gasteiger partial charge is 0.297 e. The maximum absolute atomic E-state index is 4.26. The van der Waals surface area contributed by atoms with Crippen molar-refractivity contribution in [3.05, 3.63) is 37.0 Å². The van der Waals surface area contributed by atoms with Crippen molar-refractivity contribution >= 4 is 0 Å². The molecule has 0 bridgehead atoms. The lowest BCUT2D eigenvalue weighted by atomic mass is 9.95. The molecular weight excluding hydrogens is 206 g/mol. The van der Waals surface area contributed by atoms with Gasteiger partial charge in [-0.25, -0.2) is 0 Å². The van der Waals surface area contributed by atoms with Crippen LogP contribution < -0.4 is 0 Å². The lowest BCUT2D eigenvalue weighted by molar-refractivity contribution is 0.175. The van der Waals surface area contributed by atoms with Crippen LogP contribution in [0.4, 0.5) is 0 Å². The van der Waals surface area contributed by atoms with E-state index in [1.54, 1.807) is 0 Å². The van der Waals surface area contributed by atoms with Crippen LogP contribution in [0.3, 0.4) is 0 Å². The fourth-order valence-electron chi connectivity index (χ4n) is 2.53. The van der Waals surface area contributed by atoms with Crippen LogP contribution in [0.1, 0.15) is 45.4 Å². The van der Waals surface area contributed by atoms with Gasteiger partial charge in [-0.15, -0.1) is 0 Å². The Balaban J connectivity index is 2.55. The average molecular weight is 233 g/mol. The highest BCUT2D eigenvalue weighted by atomic mass is 15.2. The zero-order valence-corrected chi connectivity index (χ0v) is 11.4. The van der Waals surface area contributed by atoms with Crippen molar-refractivity contribution in [1.29, 1.82) is 0 Å². The molecule has 1 aliphatic heterocycles. The third-order valence-electron chi connectivity index (χ3n) is 3.78.